The van der Waals surface area contributed by atoms with E-state index in [1.807, 2.05) is 26.0 Å². The lowest BCUT2D eigenvalue weighted by Gasteiger charge is -2.45. The normalized spacial score (nSPS) is 12.5. The van der Waals surface area contributed by atoms with Crippen LogP contribution in [0.5, 0.6) is 5.75 Å². The van der Waals surface area contributed by atoms with Crippen LogP contribution in [0.1, 0.15) is 71.8 Å². The first-order chi connectivity index (χ1) is 9.91. The van der Waals surface area contributed by atoms with Gasteiger partial charge < -0.3 is 9.84 Å². The minimum absolute atomic E-state index is 0.175. The van der Waals surface area contributed by atoms with E-state index in [4.69, 9.17) is 4.74 Å². The number of aliphatic hydroxyl groups is 1. The van der Waals surface area contributed by atoms with Crippen LogP contribution >= 0.6 is 0 Å². The highest BCUT2D eigenvalue weighted by Crippen LogP contribution is 2.44. The first kappa shape index (κ1) is 18.0. The van der Waals surface area contributed by atoms with E-state index in [9.17, 15) is 5.11 Å². The third-order valence-corrected chi connectivity index (χ3v) is 4.73. The molecule has 0 aromatic heterocycles. The molecule has 0 saturated heterocycles. The Bertz CT molecular complexity index is 393. The van der Waals surface area contributed by atoms with E-state index >= 15 is 0 Å². The fourth-order valence-electron chi connectivity index (χ4n) is 3.25. The summed E-state index contributed by atoms with van der Waals surface area (Å²) in [6, 6.07) is 8.27. The third kappa shape index (κ3) is 4.23. The molecule has 2 heteroatoms. The second kappa shape index (κ2) is 7.84. The summed E-state index contributed by atoms with van der Waals surface area (Å²) < 4.78 is 5.27. The maximum atomic E-state index is 10.9. The first-order valence-electron chi connectivity index (χ1n) is 8.28. The molecule has 21 heavy (non-hydrogen) atoms. The van der Waals surface area contributed by atoms with Gasteiger partial charge in [0.1, 0.15) is 5.75 Å². The van der Waals surface area contributed by atoms with Crippen LogP contribution in [0, 0.1) is 0 Å². The van der Waals surface area contributed by atoms with Gasteiger partial charge in [-0.2, -0.15) is 0 Å². The lowest BCUT2D eigenvalue weighted by atomic mass is 9.63. The van der Waals surface area contributed by atoms with Crippen LogP contribution in [0.15, 0.2) is 24.3 Å². The molecule has 0 atom stereocenters. The molecule has 0 fully saturated rings. The maximum Gasteiger partial charge on any atom is 0.118 e. The van der Waals surface area contributed by atoms with Crippen molar-refractivity contribution in [3.05, 3.63) is 29.8 Å². The SMILES string of the molecule is CCCCC(CCCC)(c1ccc(OC)cc1)C(C)(C)O. The molecule has 2 nitrogen and oxygen atoms in total. The van der Waals surface area contributed by atoms with Gasteiger partial charge in [-0.05, 0) is 44.4 Å². The average Bonchev–Trinajstić information content (AvgIpc) is 2.46. The van der Waals surface area contributed by atoms with E-state index < -0.39 is 5.60 Å². The second-order valence-electron chi connectivity index (χ2n) is 6.58. The van der Waals surface area contributed by atoms with Crippen molar-refractivity contribution in [2.45, 2.75) is 77.2 Å². The second-order valence-corrected chi connectivity index (χ2v) is 6.58. The van der Waals surface area contributed by atoms with Crippen molar-refractivity contribution in [2.75, 3.05) is 7.11 Å². The van der Waals surface area contributed by atoms with Crippen LogP contribution < -0.4 is 4.74 Å². The summed E-state index contributed by atoms with van der Waals surface area (Å²) in [7, 11) is 1.69. The van der Waals surface area contributed by atoms with Gasteiger partial charge in [0.15, 0.2) is 0 Å². The van der Waals surface area contributed by atoms with Crippen LogP contribution in [0.2, 0.25) is 0 Å². The van der Waals surface area contributed by atoms with Crippen LogP contribution in [-0.2, 0) is 5.41 Å². The van der Waals surface area contributed by atoms with E-state index in [1.165, 1.54) is 5.56 Å². The number of benzene rings is 1. The van der Waals surface area contributed by atoms with Crippen LogP contribution in [0.3, 0.4) is 0 Å². The number of unbranched alkanes of at least 4 members (excludes halogenated alkanes) is 2. The zero-order valence-corrected chi connectivity index (χ0v) is 14.4. The summed E-state index contributed by atoms with van der Waals surface area (Å²) in [6.07, 6.45) is 6.64. The lowest BCUT2D eigenvalue weighted by molar-refractivity contribution is -0.0190. The molecule has 0 aliphatic rings. The number of methoxy groups -OCH3 is 1. The predicted molar refractivity (Wildman–Crippen MR) is 90.0 cm³/mol. The van der Waals surface area contributed by atoms with Gasteiger partial charge in [-0.1, -0.05) is 51.7 Å². The van der Waals surface area contributed by atoms with E-state index in [1.54, 1.807) is 7.11 Å². The Morgan fingerprint density at radius 3 is 1.76 bits per heavy atom. The van der Waals surface area contributed by atoms with E-state index in [0.717, 1.165) is 44.3 Å². The topological polar surface area (TPSA) is 29.5 Å². The number of hydrogen-bond acceptors (Lipinski definition) is 2. The molecular formula is C19H32O2. The largest absolute Gasteiger partial charge is 0.497 e. The van der Waals surface area contributed by atoms with Crippen molar-refractivity contribution >= 4 is 0 Å². The number of ether oxygens (including phenoxy) is 1. The fourth-order valence-corrected chi connectivity index (χ4v) is 3.25. The zero-order valence-electron chi connectivity index (χ0n) is 14.4. The van der Waals surface area contributed by atoms with Crippen molar-refractivity contribution < 1.29 is 9.84 Å². The molecule has 0 radical (unpaired) electrons. The predicted octanol–water partition coefficient (Wildman–Crippen LogP) is 5.08. The highest BCUT2D eigenvalue weighted by atomic mass is 16.5. The van der Waals surface area contributed by atoms with Crippen molar-refractivity contribution in [1.29, 1.82) is 0 Å². The van der Waals surface area contributed by atoms with Gasteiger partial charge >= 0.3 is 0 Å². The Hall–Kier alpha value is -1.02. The van der Waals surface area contributed by atoms with Gasteiger partial charge in [-0.3, -0.25) is 0 Å². The summed E-state index contributed by atoms with van der Waals surface area (Å²) in [5.41, 5.74) is 0.328. The smallest absolute Gasteiger partial charge is 0.118 e. The van der Waals surface area contributed by atoms with Crippen LogP contribution in [0.25, 0.3) is 0 Å². The Kier molecular flexibility index (Phi) is 6.73. The number of rotatable bonds is 9. The van der Waals surface area contributed by atoms with Gasteiger partial charge in [0.05, 0.1) is 12.7 Å². The van der Waals surface area contributed by atoms with Gasteiger partial charge in [0, 0.05) is 5.41 Å². The first-order valence-corrected chi connectivity index (χ1v) is 8.28. The minimum Gasteiger partial charge on any atom is -0.497 e. The van der Waals surface area contributed by atoms with Crippen molar-refractivity contribution in [3.8, 4) is 5.75 Å². The molecule has 0 spiro atoms. The van der Waals surface area contributed by atoms with Crippen molar-refractivity contribution in [2.24, 2.45) is 0 Å². The molecule has 0 bridgehead atoms. The van der Waals surface area contributed by atoms with E-state index in [2.05, 4.69) is 26.0 Å². The summed E-state index contributed by atoms with van der Waals surface area (Å²) in [5, 5.41) is 10.9. The van der Waals surface area contributed by atoms with Crippen molar-refractivity contribution in [3.63, 3.8) is 0 Å². The Balaban J connectivity index is 3.23. The quantitative estimate of drug-likeness (QED) is 0.687. The van der Waals surface area contributed by atoms with Gasteiger partial charge in [0.2, 0.25) is 0 Å². The summed E-state index contributed by atoms with van der Waals surface area (Å²) in [5.74, 6) is 0.870. The van der Waals surface area contributed by atoms with Crippen molar-refractivity contribution in [1.82, 2.24) is 0 Å². The van der Waals surface area contributed by atoms with E-state index in [0.29, 0.717) is 0 Å². The molecule has 0 saturated carbocycles. The Morgan fingerprint density at radius 1 is 0.952 bits per heavy atom. The molecule has 1 aromatic rings. The molecule has 1 rings (SSSR count). The van der Waals surface area contributed by atoms with Crippen LogP contribution in [0.4, 0.5) is 0 Å². The summed E-state index contributed by atoms with van der Waals surface area (Å²) in [6.45, 7) is 8.34. The Labute approximate surface area is 130 Å². The average molecular weight is 292 g/mol. The molecular weight excluding hydrogens is 260 g/mol. The number of hydrogen-bond donors (Lipinski definition) is 1. The molecule has 0 heterocycles. The standard InChI is InChI=1S/C19H32O2/c1-6-8-14-19(15-9-7-2,18(3,4)20)16-10-12-17(21-5)13-11-16/h10-13,20H,6-9,14-15H2,1-5H3. The Morgan fingerprint density at radius 2 is 1.43 bits per heavy atom. The molecule has 0 aliphatic heterocycles. The molecule has 0 unspecified atom stereocenters. The molecule has 1 N–H and O–H groups in total. The summed E-state index contributed by atoms with van der Waals surface area (Å²) in [4.78, 5) is 0. The molecule has 0 amide bonds. The maximum absolute atomic E-state index is 10.9. The highest BCUT2D eigenvalue weighted by molar-refractivity contribution is 5.34. The fraction of sp³-hybridized carbons (Fsp3) is 0.684. The zero-order chi connectivity index (χ0) is 15.9. The lowest BCUT2D eigenvalue weighted by Crippen LogP contribution is -2.47. The molecule has 120 valence electrons. The van der Waals surface area contributed by atoms with Gasteiger partial charge in [-0.15, -0.1) is 0 Å². The molecule has 0 aliphatic carbocycles. The minimum atomic E-state index is -0.730. The van der Waals surface area contributed by atoms with Gasteiger partial charge in [-0.25, -0.2) is 0 Å². The van der Waals surface area contributed by atoms with Crippen LogP contribution in [-0.4, -0.2) is 17.8 Å². The van der Waals surface area contributed by atoms with Gasteiger partial charge in [0.25, 0.3) is 0 Å². The summed E-state index contributed by atoms with van der Waals surface area (Å²) >= 11 is 0. The monoisotopic (exact) mass is 292 g/mol. The highest BCUT2D eigenvalue weighted by Gasteiger charge is 2.43. The molecule has 1 aromatic carbocycles. The van der Waals surface area contributed by atoms with E-state index in [-0.39, 0.29) is 5.41 Å². The third-order valence-electron chi connectivity index (χ3n) is 4.73.